The maximum Gasteiger partial charge on any atom is 0.416 e. The van der Waals surface area contributed by atoms with Crippen molar-refractivity contribution in [3.05, 3.63) is 97.5 Å². The lowest BCUT2D eigenvalue weighted by Gasteiger charge is -2.11. The number of hydrogen-bond acceptors (Lipinski definition) is 1. The molecule has 0 aliphatic carbocycles. The molecule has 0 amide bonds. The monoisotopic (exact) mass is 697 g/mol. The molecule has 4 aromatic rings. The molecule has 1 aromatic heterocycles. The first kappa shape index (κ1) is 31.3. The maximum absolute atomic E-state index is 12.9. The summed E-state index contributed by atoms with van der Waals surface area (Å²) in [6.07, 6.45) is -6.50. The van der Waals surface area contributed by atoms with E-state index in [1.165, 1.54) is 12.1 Å². The number of benzene rings is 3. The number of hydrogen-bond donors (Lipinski definition) is 1. The largest absolute Gasteiger partial charge is 0.416 e. The summed E-state index contributed by atoms with van der Waals surface area (Å²) in [5.41, 5.74) is 2.15. The lowest BCUT2D eigenvalue weighted by molar-refractivity contribution is -0.138. The summed E-state index contributed by atoms with van der Waals surface area (Å²) in [5.74, 6) is 0. The molecule has 0 aliphatic rings. The Bertz CT molecular complexity index is 1400. The first-order valence-electron chi connectivity index (χ1n) is 11.8. The van der Waals surface area contributed by atoms with Gasteiger partial charge in [-0.1, -0.05) is 56.1 Å². The van der Waals surface area contributed by atoms with E-state index in [4.69, 9.17) is 5.41 Å². The summed E-state index contributed by atoms with van der Waals surface area (Å²) in [6.45, 7) is 1.01. The van der Waals surface area contributed by atoms with Crippen LogP contribution in [0.1, 0.15) is 35.1 Å². The highest BCUT2D eigenvalue weighted by molar-refractivity contribution is 9.10. The van der Waals surface area contributed by atoms with Gasteiger partial charge in [-0.2, -0.15) is 26.3 Å². The van der Waals surface area contributed by atoms with Crippen LogP contribution in [-0.2, 0) is 38.3 Å². The number of halogens is 9. The van der Waals surface area contributed by atoms with Gasteiger partial charge in [-0.15, -0.1) is 12.4 Å². The predicted molar refractivity (Wildman–Crippen MR) is 148 cm³/mol. The van der Waals surface area contributed by atoms with Gasteiger partial charge >= 0.3 is 12.4 Å². The Morgan fingerprint density at radius 1 is 0.641 bits per heavy atom. The van der Waals surface area contributed by atoms with E-state index >= 15 is 0 Å². The number of aromatic nitrogens is 2. The Hall–Kier alpha value is -2.24. The second-order valence-corrected chi connectivity index (χ2v) is 10.6. The van der Waals surface area contributed by atoms with Gasteiger partial charge < -0.3 is 9.13 Å². The van der Waals surface area contributed by atoms with E-state index in [1.807, 2.05) is 33.4 Å². The van der Waals surface area contributed by atoms with Gasteiger partial charge in [0.25, 0.3) is 0 Å². The van der Waals surface area contributed by atoms with Crippen LogP contribution in [0.3, 0.4) is 0 Å². The van der Waals surface area contributed by atoms with Gasteiger partial charge in [0, 0.05) is 22.0 Å². The number of imidazole rings is 1. The lowest BCUT2D eigenvalue weighted by Crippen LogP contribution is -2.25. The number of nitrogens with one attached hydrogen (secondary N) is 1. The normalized spacial score (nSPS) is 12.1. The first-order valence-corrected chi connectivity index (χ1v) is 13.4. The van der Waals surface area contributed by atoms with E-state index in [2.05, 4.69) is 31.9 Å². The Morgan fingerprint density at radius 3 is 1.36 bits per heavy atom. The van der Waals surface area contributed by atoms with Crippen LogP contribution in [0.5, 0.6) is 0 Å². The zero-order chi connectivity index (χ0) is 27.7. The molecule has 3 aromatic carbocycles. The van der Waals surface area contributed by atoms with Gasteiger partial charge in [0.2, 0.25) is 5.62 Å². The summed E-state index contributed by atoms with van der Waals surface area (Å²) in [7, 11) is 0. The lowest BCUT2D eigenvalue weighted by atomic mass is 10.1. The number of aryl methyl sites for hydroxylation is 4. The molecule has 12 heteroatoms. The van der Waals surface area contributed by atoms with Crippen LogP contribution in [0.25, 0.3) is 11.0 Å². The summed E-state index contributed by atoms with van der Waals surface area (Å²) in [5, 5.41) is 8.78. The van der Waals surface area contributed by atoms with Gasteiger partial charge in [-0.05, 0) is 73.2 Å². The Balaban J connectivity index is 0.00000420. The number of nitrogens with zero attached hydrogens (tertiary/aromatic N) is 2. The second kappa shape index (κ2) is 12.5. The van der Waals surface area contributed by atoms with Crippen LogP contribution >= 0.6 is 44.3 Å². The molecular weight excluding hydrogens is 676 g/mol. The van der Waals surface area contributed by atoms with E-state index in [0.29, 0.717) is 53.3 Å². The molecule has 0 atom stereocenters. The van der Waals surface area contributed by atoms with Crippen LogP contribution in [0.2, 0.25) is 0 Å². The van der Waals surface area contributed by atoms with Crippen LogP contribution in [-0.4, -0.2) is 9.13 Å². The van der Waals surface area contributed by atoms with E-state index in [9.17, 15) is 26.3 Å². The predicted octanol–water partition coefficient (Wildman–Crippen LogP) is 9.17. The fourth-order valence-corrected chi connectivity index (χ4v) is 5.61. The third kappa shape index (κ3) is 7.29. The quantitative estimate of drug-likeness (QED) is 0.178. The molecule has 0 fully saturated rings. The molecule has 0 radical (unpaired) electrons. The van der Waals surface area contributed by atoms with Crippen molar-refractivity contribution in [1.82, 2.24) is 9.13 Å². The summed E-state index contributed by atoms with van der Waals surface area (Å²) < 4.78 is 82.2. The smallest absolute Gasteiger partial charge is 0.310 e. The fourth-order valence-electron chi connectivity index (χ4n) is 4.46. The third-order valence-electron chi connectivity index (χ3n) is 6.39. The van der Waals surface area contributed by atoms with Crippen LogP contribution < -0.4 is 5.62 Å². The van der Waals surface area contributed by atoms with E-state index in [1.54, 1.807) is 0 Å². The molecule has 0 saturated heterocycles. The first-order chi connectivity index (χ1) is 17.9. The van der Waals surface area contributed by atoms with Crippen molar-refractivity contribution in [1.29, 1.82) is 5.41 Å². The molecule has 1 N–H and O–H groups in total. The summed E-state index contributed by atoms with van der Waals surface area (Å²) in [4.78, 5) is 0. The van der Waals surface area contributed by atoms with Crippen molar-refractivity contribution in [3.8, 4) is 0 Å². The Labute approximate surface area is 244 Å². The van der Waals surface area contributed by atoms with Crippen molar-refractivity contribution in [2.75, 3.05) is 0 Å². The number of fused-ring (bicyclic) bond motifs is 1. The highest BCUT2D eigenvalue weighted by Gasteiger charge is 2.31. The van der Waals surface area contributed by atoms with Crippen molar-refractivity contribution < 1.29 is 26.3 Å². The molecule has 3 nitrogen and oxygen atoms in total. The molecule has 39 heavy (non-hydrogen) atoms. The van der Waals surface area contributed by atoms with E-state index in [-0.39, 0.29) is 12.4 Å². The number of rotatable bonds is 8. The van der Waals surface area contributed by atoms with Crippen molar-refractivity contribution in [2.24, 2.45) is 0 Å². The van der Waals surface area contributed by atoms with E-state index in [0.717, 1.165) is 46.4 Å². The van der Waals surface area contributed by atoms with Gasteiger partial charge in [-0.3, -0.25) is 5.41 Å². The highest BCUT2D eigenvalue weighted by atomic mass is 79.9. The van der Waals surface area contributed by atoms with Gasteiger partial charge in [-0.25, -0.2) is 0 Å². The standard InChI is InChI=1S/C27H23Br2F6N3.ClH/c28-21-15-19(26(30,31)32)11-9-17(21)5-3-13-37-23-7-1-2-8-24(23)38(25(37)36)14-4-6-18-10-12-20(16-22(18)29)27(33,34)35;/h1-2,7-12,15-16,36H,3-6,13-14H2;1H. The van der Waals surface area contributed by atoms with Gasteiger partial charge in [0.15, 0.2) is 0 Å². The van der Waals surface area contributed by atoms with E-state index < -0.39 is 23.5 Å². The molecular formula is C27H24Br2ClF6N3. The second-order valence-electron chi connectivity index (χ2n) is 8.93. The molecule has 0 aliphatic heterocycles. The summed E-state index contributed by atoms with van der Waals surface area (Å²) in [6, 6.07) is 14.9. The van der Waals surface area contributed by atoms with Crippen molar-refractivity contribution in [3.63, 3.8) is 0 Å². The molecule has 0 saturated carbocycles. The molecule has 210 valence electrons. The van der Waals surface area contributed by atoms with Crippen LogP contribution in [0, 0.1) is 5.41 Å². The molecule has 1 heterocycles. The van der Waals surface area contributed by atoms with Crippen molar-refractivity contribution >= 4 is 55.3 Å². The zero-order valence-corrected chi connectivity index (χ0v) is 24.3. The van der Waals surface area contributed by atoms with Gasteiger partial charge in [0.05, 0.1) is 22.2 Å². The Kier molecular flexibility index (Phi) is 10.0. The molecule has 0 bridgehead atoms. The highest BCUT2D eigenvalue weighted by Crippen LogP contribution is 2.33. The SMILES string of the molecule is Cl.N=c1n(CCCc2ccc(C(F)(F)F)cc2Br)c2ccccc2n1CCCc1ccc(C(F)(F)F)cc1Br. The topological polar surface area (TPSA) is 33.7 Å². The van der Waals surface area contributed by atoms with Gasteiger partial charge in [0.1, 0.15) is 0 Å². The minimum atomic E-state index is -4.40. The Morgan fingerprint density at radius 2 is 1.03 bits per heavy atom. The average molecular weight is 700 g/mol. The number of alkyl halides is 6. The summed E-state index contributed by atoms with van der Waals surface area (Å²) >= 11 is 6.49. The third-order valence-corrected chi connectivity index (χ3v) is 7.87. The molecule has 0 unspecified atom stereocenters. The number of para-hydroxylation sites is 2. The molecule has 4 rings (SSSR count). The van der Waals surface area contributed by atoms with Crippen molar-refractivity contribution in [2.45, 2.75) is 51.1 Å². The van der Waals surface area contributed by atoms with Crippen LogP contribution in [0.4, 0.5) is 26.3 Å². The fraction of sp³-hybridized carbons (Fsp3) is 0.296. The molecule has 0 spiro atoms. The zero-order valence-electron chi connectivity index (χ0n) is 20.3. The minimum Gasteiger partial charge on any atom is -0.310 e. The maximum atomic E-state index is 12.9. The average Bonchev–Trinajstić information content (AvgIpc) is 3.10. The van der Waals surface area contributed by atoms with Crippen LogP contribution in [0.15, 0.2) is 69.6 Å². The minimum absolute atomic E-state index is 0.